The second kappa shape index (κ2) is 7.20. The van der Waals surface area contributed by atoms with Gasteiger partial charge in [0, 0.05) is 11.6 Å². The van der Waals surface area contributed by atoms with Gasteiger partial charge in [0.15, 0.2) is 0 Å². The molecule has 1 aromatic heterocycles. The first-order valence-corrected chi connectivity index (χ1v) is 8.28. The molecule has 0 aliphatic carbocycles. The molecule has 4 heteroatoms. The predicted molar refractivity (Wildman–Crippen MR) is 89.4 cm³/mol. The van der Waals surface area contributed by atoms with Crippen LogP contribution in [0.15, 0.2) is 36.5 Å². The Hall–Kier alpha value is -1.78. The minimum Gasteiger partial charge on any atom is -0.390 e. The molecule has 2 heterocycles. The van der Waals surface area contributed by atoms with Crippen LogP contribution < -0.4 is 0 Å². The number of piperidine rings is 1. The van der Waals surface area contributed by atoms with E-state index in [4.69, 9.17) is 0 Å². The molecule has 1 unspecified atom stereocenters. The molecule has 0 saturated carbocycles. The molecule has 1 atom stereocenters. The van der Waals surface area contributed by atoms with E-state index >= 15 is 0 Å². The first-order chi connectivity index (χ1) is 11.2. The van der Waals surface area contributed by atoms with Gasteiger partial charge in [0.2, 0.25) is 0 Å². The highest BCUT2D eigenvalue weighted by Crippen LogP contribution is 2.28. The minimum absolute atomic E-state index is 0.183. The molecule has 1 aliphatic heterocycles. The Balaban J connectivity index is 1.81. The zero-order valence-corrected chi connectivity index (χ0v) is 13.5. The summed E-state index contributed by atoms with van der Waals surface area (Å²) in [4.78, 5) is 6.37. The van der Waals surface area contributed by atoms with E-state index in [1.807, 2.05) is 12.1 Å². The Bertz CT molecular complexity index is 651. The smallest absolute Gasteiger partial charge is 0.149 e. The van der Waals surface area contributed by atoms with Gasteiger partial charge >= 0.3 is 0 Å². The van der Waals surface area contributed by atoms with Gasteiger partial charge in [-0.15, -0.1) is 0 Å². The molecule has 1 aliphatic rings. The number of aromatic nitrogens is 1. The lowest BCUT2D eigenvalue weighted by Crippen LogP contribution is -2.32. The fourth-order valence-corrected chi connectivity index (χ4v) is 3.25. The van der Waals surface area contributed by atoms with Crippen LogP contribution in [0.2, 0.25) is 0 Å². The summed E-state index contributed by atoms with van der Waals surface area (Å²) in [7, 11) is 0. The highest BCUT2D eigenvalue weighted by atomic mass is 19.1. The number of halogens is 1. The second-order valence-corrected chi connectivity index (χ2v) is 6.21. The highest BCUT2D eigenvalue weighted by molar-refractivity contribution is 5.64. The molecule has 2 aromatic rings. The lowest BCUT2D eigenvalue weighted by atomic mass is 9.99. The minimum atomic E-state index is -0.362. The fourth-order valence-electron chi connectivity index (χ4n) is 3.25. The van der Waals surface area contributed by atoms with Crippen LogP contribution in [-0.2, 0) is 6.61 Å². The van der Waals surface area contributed by atoms with Crippen LogP contribution in [-0.4, -0.2) is 28.1 Å². The molecule has 0 radical (unpaired) electrons. The van der Waals surface area contributed by atoms with E-state index in [9.17, 15) is 9.50 Å². The molecule has 3 nitrogen and oxygen atoms in total. The molecule has 23 heavy (non-hydrogen) atoms. The van der Waals surface area contributed by atoms with E-state index in [1.54, 1.807) is 6.07 Å². The summed E-state index contributed by atoms with van der Waals surface area (Å²) in [6.45, 7) is 4.36. The first-order valence-electron chi connectivity index (χ1n) is 8.28. The molecule has 1 saturated heterocycles. The van der Waals surface area contributed by atoms with Crippen molar-refractivity contribution in [2.45, 2.75) is 38.8 Å². The number of aliphatic hydroxyl groups excluding tert-OH is 1. The summed E-state index contributed by atoms with van der Waals surface area (Å²) in [5.74, 6) is -0.362. The van der Waals surface area contributed by atoms with Crippen molar-refractivity contribution in [2.24, 2.45) is 0 Å². The van der Waals surface area contributed by atoms with E-state index < -0.39 is 0 Å². The first kappa shape index (κ1) is 16.1. The van der Waals surface area contributed by atoms with Crippen LogP contribution in [0.25, 0.3) is 11.1 Å². The Morgan fingerprint density at radius 2 is 1.87 bits per heavy atom. The molecule has 0 amide bonds. The van der Waals surface area contributed by atoms with Crippen LogP contribution >= 0.6 is 0 Å². The van der Waals surface area contributed by atoms with Crippen molar-refractivity contribution in [2.75, 3.05) is 13.1 Å². The van der Waals surface area contributed by atoms with Crippen LogP contribution in [0.5, 0.6) is 0 Å². The van der Waals surface area contributed by atoms with E-state index in [0.29, 0.717) is 17.3 Å². The summed E-state index contributed by atoms with van der Waals surface area (Å²) >= 11 is 0. The van der Waals surface area contributed by atoms with Gasteiger partial charge in [-0.1, -0.05) is 30.7 Å². The second-order valence-electron chi connectivity index (χ2n) is 6.21. The number of hydrogen-bond donors (Lipinski definition) is 1. The quantitative estimate of drug-likeness (QED) is 0.929. The number of pyridine rings is 1. The largest absolute Gasteiger partial charge is 0.390 e. The van der Waals surface area contributed by atoms with Gasteiger partial charge in [0.05, 0.1) is 18.5 Å². The zero-order valence-electron chi connectivity index (χ0n) is 13.5. The average molecular weight is 314 g/mol. The number of hydrogen-bond acceptors (Lipinski definition) is 3. The Morgan fingerprint density at radius 3 is 2.52 bits per heavy atom. The van der Waals surface area contributed by atoms with Gasteiger partial charge in [-0.25, -0.2) is 4.39 Å². The molecule has 3 rings (SSSR count). The SMILES string of the molecule is CC(c1ccc(-c2cc(CO)ncc2F)cc1)N1CCCCC1. The summed E-state index contributed by atoms with van der Waals surface area (Å²) in [5.41, 5.74) is 3.04. The third-order valence-corrected chi connectivity index (χ3v) is 4.72. The van der Waals surface area contributed by atoms with Crippen molar-refractivity contribution in [1.82, 2.24) is 9.88 Å². The van der Waals surface area contributed by atoms with Gasteiger partial charge in [-0.3, -0.25) is 9.88 Å². The van der Waals surface area contributed by atoms with E-state index in [0.717, 1.165) is 18.7 Å². The van der Waals surface area contributed by atoms with Gasteiger partial charge in [0.1, 0.15) is 5.82 Å². The van der Waals surface area contributed by atoms with Gasteiger partial charge in [-0.05, 0) is 50.0 Å². The summed E-state index contributed by atoms with van der Waals surface area (Å²) in [6.07, 6.45) is 5.05. The molecule has 1 fully saturated rings. The predicted octanol–water partition coefficient (Wildman–Crippen LogP) is 3.93. The Morgan fingerprint density at radius 1 is 1.17 bits per heavy atom. The summed E-state index contributed by atoms with van der Waals surface area (Å²) in [6, 6.07) is 10.1. The molecular formula is C19H23FN2O. The van der Waals surface area contributed by atoms with Crippen molar-refractivity contribution in [1.29, 1.82) is 0 Å². The number of rotatable bonds is 4. The molecule has 1 N–H and O–H groups in total. The van der Waals surface area contributed by atoms with E-state index in [-0.39, 0.29) is 12.4 Å². The van der Waals surface area contributed by atoms with Crippen LogP contribution in [0.1, 0.15) is 43.5 Å². The third-order valence-electron chi connectivity index (χ3n) is 4.72. The topological polar surface area (TPSA) is 36.4 Å². The van der Waals surface area contributed by atoms with Gasteiger partial charge < -0.3 is 5.11 Å². The Labute approximate surface area is 136 Å². The maximum atomic E-state index is 14.0. The third kappa shape index (κ3) is 3.59. The maximum absolute atomic E-state index is 14.0. The van der Waals surface area contributed by atoms with Crippen LogP contribution in [0.3, 0.4) is 0 Å². The molecule has 0 bridgehead atoms. The van der Waals surface area contributed by atoms with Crippen molar-refractivity contribution in [3.8, 4) is 11.1 Å². The van der Waals surface area contributed by atoms with Crippen molar-refractivity contribution in [3.63, 3.8) is 0 Å². The monoisotopic (exact) mass is 314 g/mol. The van der Waals surface area contributed by atoms with Crippen LogP contribution in [0.4, 0.5) is 4.39 Å². The molecule has 1 aromatic carbocycles. The summed E-state index contributed by atoms with van der Waals surface area (Å²) < 4.78 is 14.0. The number of likely N-dealkylation sites (tertiary alicyclic amines) is 1. The number of nitrogens with zero attached hydrogens (tertiary/aromatic N) is 2. The van der Waals surface area contributed by atoms with Crippen molar-refractivity contribution < 1.29 is 9.50 Å². The van der Waals surface area contributed by atoms with Gasteiger partial charge in [-0.2, -0.15) is 0 Å². The zero-order chi connectivity index (χ0) is 16.2. The maximum Gasteiger partial charge on any atom is 0.149 e. The van der Waals surface area contributed by atoms with Gasteiger partial charge in [0.25, 0.3) is 0 Å². The molecular weight excluding hydrogens is 291 g/mol. The highest BCUT2D eigenvalue weighted by Gasteiger charge is 2.18. The number of benzene rings is 1. The normalized spacial score (nSPS) is 17.2. The van der Waals surface area contributed by atoms with E-state index in [2.05, 4.69) is 28.9 Å². The average Bonchev–Trinajstić information content (AvgIpc) is 2.62. The molecule has 0 spiro atoms. The standard InChI is InChI=1S/C19H23FN2O/c1-14(22-9-3-2-4-10-22)15-5-7-16(8-6-15)18-11-17(13-23)21-12-19(18)20/h5-8,11-12,14,23H,2-4,9-10,13H2,1H3. The van der Waals surface area contributed by atoms with Crippen molar-refractivity contribution >= 4 is 0 Å². The summed E-state index contributed by atoms with van der Waals surface area (Å²) in [5, 5.41) is 9.17. The fraction of sp³-hybridized carbons (Fsp3) is 0.421. The van der Waals surface area contributed by atoms with Crippen molar-refractivity contribution in [3.05, 3.63) is 53.6 Å². The Kier molecular flexibility index (Phi) is 5.03. The number of aliphatic hydroxyl groups is 1. The molecule has 122 valence electrons. The lowest BCUT2D eigenvalue weighted by Gasteiger charge is -2.32. The van der Waals surface area contributed by atoms with Crippen LogP contribution in [0, 0.1) is 5.82 Å². The van der Waals surface area contributed by atoms with E-state index in [1.165, 1.54) is 31.0 Å². The lowest BCUT2D eigenvalue weighted by molar-refractivity contribution is 0.175.